The third kappa shape index (κ3) is 3.82. The van der Waals surface area contributed by atoms with Crippen molar-refractivity contribution < 1.29 is 11.6 Å². The lowest BCUT2D eigenvalue weighted by Crippen LogP contribution is -2.24. The minimum Gasteiger partial charge on any atom is -0.306 e. The van der Waals surface area contributed by atoms with Crippen LogP contribution in [-0.2, 0) is 13.1 Å². The van der Waals surface area contributed by atoms with Gasteiger partial charge in [-0.3, -0.25) is 19.3 Å². The second-order valence-corrected chi connectivity index (χ2v) is 9.81. The Bertz CT molecular complexity index is 1840. The number of nitrogens with zero attached hydrogens (tertiary/aromatic N) is 6. The summed E-state index contributed by atoms with van der Waals surface area (Å²) in [6.45, 7) is 2.42. The lowest BCUT2D eigenvalue weighted by molar-refractivity contribution is -0.296. The lowest BCUT2D eigenvalue weighted by atomic mass is 10.2. The minimum atomic E-state index is -0.232. The van der Waals surface area contributed by atoms with E-state index >= 15 is 0 Å². The Labute approximate surface area is 213 Å². The van der Waals surface area contributed by atoms with E-state index in [-0.39, 0.29) is 17.7 Å². The average molecular weight is 516 g/mol. The molecular formula is C26H20ClN6O2S+. The molecule has 0 aliphatic carbocycles. The first-order valence-corrected chi connectivity index (χ1v) is 12.5. The number of benzene rings is 1. The molecule has 178 valence electrons. The molecule has 0 unspecified atom stereocenters. The number of rotatable bonds is 5. The van der Waals surface area contributed by atoms with E-state index in [9.17, 15) is 9.59 Å². The number of aromatic nitrogens is 6. The molecule has 0 radical (unpaired) electrons. The molecule has 6 rings (SSSR count). The van der Waals surface area contributed by atoms with Crippen LogP contribution in [0, 0.1) is 18.5 Å². The summed E-state index contributed by atoms with van der Waals surface area (Å²) in [5, 5.41) is 1.45. The van der Waals surface area contributed by atoms with Crippen LogP contribution < -0.4 is 11.1 Å². The number of hydrogen-bond donors (Lipinski definition) is 0. The fourth-order valence-electron chi connectivity index (χ4n) is 4.41. The smallest absolute Gasteiger partial charge is 0.306 e. The zero-order chi connectivity index (χ0) is 24.8. The molecule has 0 fully saturated rings. The van der Waals surface area contributed by atoms with Crippen molar-refractivity contribution in [3.8, 4) is 5.13 Å². The molecule has 0 amide bonds. The van der Waals surface area contributed by atoms with E-state index in [1.54, 1.807) is 34.6 Å². The number of fused-ring (bicyclic) bond motifs is 2. The van der Waals surface area contributed by atoms with Crippen LogP contribution in [0.5, 0.6) is 0 Å². The third-order valence-corrected chi connectivity index (χ3v) is 7.32. The second-order valence-electron chi connectivity index (χ2n) is 8.38. The van der Waals surface area contributed by atoms with E-state index in [1.165, 1.54) is 17.4 Å². The molecule has 0 atom stereocenters. The molecule has 6 aromatic rings. The highest BCUT2D eigenvalue weighted by molar-refractivity contribution is 7.20. The average Bonchev–Trinajstić information content (AvgIpc) is 3.41. The minimum absolute atomic E-state index is 0.218. The Hall–Kier alpha value is -4.08. The van der Waals surface area contributed by atoms with Gasteiger partial charge in [-0.25, -0.2) is 4.98 Å². The molecule has 0 spiro atoms. The number of pyridine rings is 3. The van der Waals surface area contributed by atoms with Gasteiger partial charge in [0.2, 0.25) is 5.13 Å². The summed E-state index contributed by atoms with van der Waals surface area (Å²) < 4.78 is 5.85. The normalized spacial score (nSPS) is 11.5. The molecule has 0 aliphatic rings. The standard InChI is InChI=1S/C26H20ClN6O2S/c1-16-24-20(12-23(34)31(16)15-18-8-5-9-22(27)29-18)32(14-17-6-3-2-4-7-17)33(25(24)35)26-30-19-10-11-28-13-21(19)36-26/h2-13,27H,14-15H2,1H3/q+1. The Balaban J connectivity index is 1.61. The Morgan fingerprint density at radius 3 is 2.58 bits per heavy atom. The van der Waals surface area contributed by atoms with Crippen LogP contribution in [0.1, 0.15) is 17.0 Å². The number of halogens is 1. The van der Waals surface area contributed by atoms with Gasteiger partial charge >= 0.3 is 5.15 Å². The summed E-state index contributed by atoms with van der Waals surface area (Å²) in [6, 6.07) is 18.5. The molecule has 1 aromatic carbocycles. The van der Waals surface area contributed by atoms with Crippen molar-refractivity contribution in [2.75, 3.05) is 0 Å². The molecule has 0 N–H and O–H groups in total. The van der Waals surface area contributed by atoms with Crippen LogP contribution >= 0.6 is 11.3 Å². The van der Waals surface area contributed by atoms with Gasteiger partial charge < -0.3 is 4.57 Å². The van der Waals surface area contributed by atoms with Crippen molar-refractivity contribution in [3.05, 3.63) is 116 Å². The first-order chi connectivity index (χ1) is 17.5. The van der Waals surface area contributed by atoms with Gasteiger partial charge in [0, 0.05) is 30.2 Å². The molecule has 36 heavy (non-hydrogen) atoms. The van der Waals surface area contributed by atoms with Crippen molar-refractivity contribution in [1.82, 2.24) is 28.9 Å². The van der Waals surface area contributed by atoms with Crippen LogP contribution in [0.15, 0.2) is 82.6 Å². The highest BCUT2D eigenvalue weighted by Crippen LogP contribution is 2.26. The first kappa shape index (κ1) is 22.4. The van der Waals surface area contributed by atoms with Gasteiger partial charge in [-0.1, -0.05) is 47.7 Å². The SMILES string of the molecule is Cc1c2c(=O)n(-c3nc4ccncc4s3)n(Cc3ccccc3)c2cc(=O)n1Cc1cccc([ClH+])n1. The fourth-order valence-corrected chi connectivity index (χ4v) is 5.55. The maximum Gasteiger partial charge on any atom is 0.318 e. The zero-order valence-corrected chi connectivity index (χ0v) is 20.8. The summed E-state index contributed by atoms with van der Waals surface area (Å²) in [5.74, 6) is 0. The van der Waals surface area contributed by atoms with Gasteiger partial charge in [0.25, 0.3) is 11.1 Å². The lowest BCUT2D eigenvalue weighted by Gasteiger charge is -2.12. The number of aryl methyl sites for hydroxylation is 1. The van der Waals surface area contributed by atoms with Crippen LogP contribution in [0.25, 0.3) is 26.3 Å². The summed E-state index contributed by atoms with van der Waals surface area (Å²) in [5.41, 5.74) is 3.11. The molecule has 0 bridgehead atoms. The predicted molar refractivity (Wildman–Crippen MR) is 137 cm³/mol. The van der Waals surface area contributed by atoms with Crippen molar-refractivity contribution >= 4 is 32.5 Å². The monoisotopic (exact) mass is 515 g/mol. The van der Waals surface area contributed by atoms with Crippen LogP contribution in [-0.4, -0.2) is 28.9 Å². The molecular weight excluding hydrogens is 496 g/mol. The third-order valence-electron chi connectivity index (χ3n) is 6.11. The van der Waals surface area contributed by atoms with Crippen LogP contribution in [0.2, 0.25) is 5.15 Å². The van der Waals surface area contributed by atoms with Gasteiger partial charge in [-0.15, -0.1) is 0 Å². The highest BCUT2D eigenvalue weighted by atomic mass is 35.5. The Kier molecular flexibility index (Phi) is 5.50. The van der Waals surface area contributed by atoms with Gasteiger partial charge in [0.15, 0.2) is 11.6 Å². The molecule has 0 saturated carbocycles. The second kappa shape index (κ2) is 8.85. The summed E-state index contributed by atoms with van der Waals surface area (Å²) >= 11 is 6.56. The summed E-state index contributed by atoms with van der Waals surface area (Å²) in [4.78, 5) is 40.5. The predicted octanol–water partition coefficient (Wildman–Crippen LogP) is 3.45. The van der Waals surface area contributed by atoms with E-state index < -0.39 is 0 Å². The van der Waals surface area contributed by atoms with Gasteiger partial charge in [-0.2, -0.15) is 9.67 Å². The molecule has 5 aromatic heterocycles. The van der Waals surface area contributed by atoms with E-state index in [2.05, 4.69) is 9.97 Å². The van der Waals surface area contributed by atoms with E-state index in [1.807, 2.05) is 53.2 Å². The maximum atomic E-state index is 14.0. The quantitative estimate of drug-likeness (QED) is 0.328. The zero-order valence-electron chi connectivity index (χ0n) is 19.2. The highest BCUT2D eigenvalue weighted by Gasteiger charge is 2.22. The van der Waals surface area contributed by atoms with E-state index in [0.29, 0.717) is 39.1 Å². The molecule has 8 nitrogen and oxygen atoms in total. The van der Waals surface area contributed by atoms with E-state index in [0.717, 1.165) is 15.8 Å². The largest absolute Gasteiger partial charge is 0.318 e. The summed E-state index contributed by atoms with van der Waals surface area (Å²) in [7, 11) is 0. The first-order valence-electron chi connectivity index (χ1n) is 11.2. The van der Waals surface area contributed by atoms with Crippen LogP contribution in [0.4, 0.5) is 0 Å². The van der Waals surface area contributed by atoms with Crippen molar-refractivity contribution in [2.45, 2.75) is 20.0 Å². The fraction of sp³-hybridized carbons (Fsp3) is 0.115. The number of hydrogen-bond acceptors (Lipinski definition) is 6. The number of thiazole rings is 1. The Morgan fingerprint density at radius 2 is 1.81 bits per heavy atom. The van der Waals surface area contributed by atoms with Gasteiger partial charge in [-0.05, 0) is 24.6 Å². The maximum absolute atomic E-state index is 14.0. The summed E-state index contributed by atoms with van der Waals surface area (Å²) in [6.07, 6.45) is 3.41. The molecule has 0 aliphatic heterocycles. The van der Waals surface area contributed by atoms with Crippen molar-refractivity contribution in [2.24, 2.45) is 0 Å². The van der Waals surface area contributed by atoms with Crippen LogP contribution in [0.3, 0.4) is 0 Å². The van der Waals surface area contributed by atoms with Gasteiger partial charge in [0.1, 0.15) is 0 Å². The molecule has 0 saturated heterocycles. The van der Waals surface area contributed by atoms with E-state index in [4.69, 9.17) is 16.6 Å². The van der Waals surface area contributed by atoms with Gasteiger partial charge in [0.05, 0.1) is 39.9 Å². The topological polar surface area (TPSA) is 87.6 Å². The Morgan fingerprint density at radius 1 is 0.972 bits per heavy atom. The molecule has 5 heterocycles. The van der Waals surface area contributed by atoms with Crippen molar-refractivity contribution in [1.29, 1.82) is 0 Å². The molecule has 10 heteroatoms. The van der Waals surface area contributed by atoms with Crippen molar-refractivity contribution in [3.63, 3.8) is 0 Å².